The zero-order valence-corrected chi connectivity index (χ0v) is 17.7. The predicted molar refractivity (Wildman–Crippen MR) is 116 cm³/mol. The van der Waals surface area contributed by atoms with Crippen LogP contribution in [0.15, 0.2) is 36.7 Å². The maximum atomic E-state index is 14.9. The molecule has 3 heterocycles. The van der Waals surface area contributed by atoms with E-state index in [-0.39, 0.29) is 11.9 Å². The minimum Gasteiger partial charge on any atom is -0.493 e. The van der Waals surface area contributed by atoms with E-state index < -0.39 is 0 Å². The maximum absolute atomic E-state index is 14.9. The number of halogens is 1. The van der Waals surface area contributed by atoms with E-state index >= 15 is 0 Å². The number of hydrogen-bond acceptors (Lipinski definition) is 5. The molecule has 4 aromatic rings. The van der Waals surface area contributed by atoms with Crippen molar-refractivity contribution < 1.29 is 13.9 Å². The molecule has 2 N–H and O–H groups in total. The Labute approximate surface area is 179 Å². The lowest BCUT2D eigenvalue weighted by atomic mass is 9.93. The first-order chi connectivity index (χ1) is 15.1. The molecule has 0 spiro atoms. The molecule has 31 heavy (non-hydrogen) atoms. The maximum Gasteiger partial charge on any atom is 0.161 e. The Kier molecular flexibility index (Phi) is 4.86. The van der Waals surface area contributed by atoms with Crippen LogP contribution in [0.3, 0.4) is 0 Å². The molecule has 0 fully saturated rings. The first-order valence-electron chi connectivity index (χ1n) is 10.3. The number of benzene rings is 2. The molecule has 7 nitrogen and oxygen atoms in total. The van der Waals surface area contributed by atoms with Crippen LogP contribution in [0.2, 0.25) is 0 Å². The van der Waals surface area contributed by atoms with E-state index in [1.807, 2.05) is 18.2 Å². The lowest BCUT2D eigenvalue weighted by Gasteiger charge is -2.28. The minimum absolute atomic E-state index is 0.128. The van der Waals surface area contributed by atoms with Gasteiger partial charge in [-0.1, -0.05) is 0 Å². The molecule has 2 aromatic heterocycles. The summed E-state index contributed by atoms with van der Waals surface area (Å²) < 4.78 is 28.0. The second kappa shape index (κ2) is 7.70. The van der Waals surface area contributed by atoms with Crippen molar-refractivity contribution in [2.45, 2.75) is 25.9 Å². The van der Waals surface area contributed by atoms with E-state index in [0.29, 0.717) is 28.9 Å². The van der Waals surface area contributed by atoms with Crippen LogP contribution in [0, 0.1) is 5.82 Å². The van der Waals surface area contributed by atoms with Crippen molar-refractivity contribution in [2.24, 2.45) is 0 Å². The van der Waals surface area contributed by atoms with Crippen LogP contribution in [0.25, 0.3) is 22.2 Å². The summed E-state index contributed by atoms with van der Waals surface area (Å²) in [5.74, 6) is 1.94. The van der Waals surface area contributed by atoms with Gasteiger partial charge in [-0.15, -0.1) is 0 Å². The highest BCUT2D eigenvalue weighted by Crippen LogP contribution is 2.38. The molecular weight excluding hydrogens is 397 g/mol. The van der Waals surface area contributed by atoms with Crippen molar-refractivity contribution in [1.82, 2.24) is 25.1 Å². The van der Waals surface area contributed by atoms with Gasteiger partial charge in [-0.25, -0.2) is 9.37 Å². The number of fused-ring (bicyclic) bond motifs is 2. The number of aryl methyl sites for hydroxylation is 1. The van der Waals surface area contributed by atoms with Gasteiger partial charge in [0.05, 0.1) is 37.5 Å². The fraction of sp³-hybridized carbons (Fsp3) is 0.304. The van der Waals surface area contributed by atoms with Crippen molar-refractivity contribution in [3.63, 3.8) is 0 Å². The van der Waals surface area contributed by atoms with Crippen LogP contribution in [0.5, 0.6) is 11.5 Å². The standard InChI is InChI=1S/C23H24FN5O2/c1-4-29-19-8-15(14-11-26-27-12-14)17(24)10-18(19)28-23(29)22-16-9-21(31-3)20(30-2)7-13(16)5-6-25-22/h7-12,22,25H,4-6H2,1-3H3,(H,26,27). The van der Waals surface area contributed by atoms with Gasteiger partial charge in [0, 0.05) is 36.5 Å². The van der Waals surface area contributed by atoms with Gasteiger partial charge in [0.15, 0.2) is 11.5 Å². The highest BCUT2D eigenvalue weighted by Gasteiger charge is 2.28. The fourth-order valence-corrected chi connectivity index (χ4v) is 4.45. The SMILES string of the molecule is CCn1c(C2NCCc3cc(OC)c(OC)cc32)nc2cc(F)c(-c3cn[nH]c3)cc21. The van der Waals surface area contributed by atoms with Crippen LogP contribution >= 0.6 is 0 Å². The monoisotopic (exact) mass is 421 g/mol. The number of ether oxygens (including phenoxy) is 2. The van der Waals surface area contributed by atoms with Crippen LogP contribution in [0.1, 0.15) is 29.9 Å². The van der Waals surface area contributed by atoms with Crippen LogP contribution in [-0.4, -0.2) is 40.5 Å². The van der Waals surface area contributed by atoms with Gasteiger partial charge >= 0.3 is 0 Å². The number of aromatic amines is 1. The normalized spacial score (nSPS) is 15.8. The molecule has 1 atom stereocenters. The Hall–Kier alpha value is -3.39. The fourth-order valence-electron chi connectivity index (χ4n) is 4.45. The predicted octanol–water partition coefficient (Wildman–Crippen LogP) is 3.84. The first-order valence-corrected chi connectivity index (χ1v) is 10.3. The summed E-state index contributed by atoms with van der Waals surface area (Å²) in [6.07, 6.45) is 4.20. The largest absolute Gasteiger partial charge is 0.493 e. The zero-order chi connectivity index (χ0) is 21.5. The quantitative estimate of drug-likeness (QED) is 0.512. The summed E-state index contributed by atoms with van der Waals surface area (Å²) in [6.45, 7) is 3.60. The van der Waals surface area contributed by atoms with Crippen molar-refractivity contribution in [1.29, 1.82) is 0 Å². The molecule has 1 unspecified atom stereocenters. The molecule has 1 aliphatic rings. The third kappa shape index (κ3) is 3.14. The molecular formula is C23H24FN5O2. The minimum atomic E-state index is -0.315. The zero-order valence-electron chi connectivity index (χ0n) is 17.7. The molecule has 5 rings (SSSR count). The van der Waals surface area contributed by atoms with Gasteiger partial charge in [0.1, 0.15) is 11.6 Å². The summed E-state index contributed by atoms with van der Waals surface area (Å²) in [7, 11) is 3.28. The number of nitrogens with one attached hydrogen (secondary N) is 2. The topological polar surface area (TPSA) is 77.0 Å². The number of aromatic nitrogens is 4. The van der Waals surface area contributed by atoms with E-state index in [2.05, 4.69) is 27.0 Å². The second-order valence-corrected chi connectivity index (χ2v) is 7.57. The van der Waals surface area contributed by atoms with E-state index in [1.54, 1.807) is 26.6 Å². The first kappa shape index (κ1) is 19.6. The Morgan fingerprint density at radius 1 is 1.16 bits per heavy atom. The third-order valence-electron chi connectivity index (χ3n) is 5.95. The Morgan fingerprint density at radius 2 is 1.97 bits per heavy atom. The number of imidazole rings is 1. The van der Waals surface area contributed by atoms with Crippen molar-refractivity contribution in [3.05, 3.63) is 59.4 Å². The van der Waals surface area contributed by atoms with Crippen molar-refractivity contribution >= 4 is 11.0 Å². The number of nitrogens with zero attached hydrogens (tertiary/aromatic N) is 3. The van der Waals surface area contributed by atoms with Gasteiger partial charge in [0.25, 0.3) is 0 Å². The lowest BCUT2D eigenvalue weighted by molar-refractivity contribution is 0.352. The third-order valence-corrected chi connectivity index (χ3v) is 5.95. The number of rotatable bonds is 5. The number of H-pyrrole nitrogens is 1. The van der Waals surface area contributed by atoms with Gasteiger partial charge in [0.2, 0.25) is 0 Å². The molecule has 0 aliphatic carbocycles. The van der Waals surface area contributed by atoms with Gasteiger partial charge in [-0.05, 0) is 42.7 Å². The van der Waals surface area contributed by atoms with Crippen molar-refractivity contribution in [3.8, 4) is 22.6 Å². The Bertz CT molecular complexity index is 1250. The lowest BCUT2D eigenvalue weighted by Crippen LogP contribution is -2.32. The molecule has 8 heteroatoms. The van der Waals surface area contributed by atoms with Crippen LogP contribution < -0.4 is 14.8 Å². The van der Waals surface area contributed by atoms with E-state index in [0.717, 1.165) is 35.6 Å². The molecule has 0 bridgehead atoms. The summed E-state index contributed by atoms with van der Waals surface area (Å²) in [6, 6.07) is 7.29. The highest BCUT2D eigenvalue weighted by atomic mass is 19.1. The van der Waals surface area contributed by atoms with Crippen LogP contribution in [0.4, 0.5) is 4.39 Å². The molecule has 160 valence electrons. The summed E-state index contributed by atoms with van der Waals surface area (Å²) in [4.78, 5) is 4.85. The van der Waals surface area contributed by atoms with Crippen molar-refractivity contribution in [2.75, 3.05) is 20.8 Å². The van der Waals surface area contributed by atoms with Gasteiger partial charge in [-0.3, -0.25) is 5.10 Å². The molecule has 0 radical (unpaired) electrons. The second-order valence-electron chi connectivity index (χ2n) is 7.57. The van der Waals surface area contributed by atoms with Gasteiger partial charge < -0.3 is 19.4 Å². The van der Waals surface area contributed by atoms with Gasteiger partial charge in [-0.2, -0.15) is 5.10 Å². The van der Waals surface area contributed by atoms with E-state index in [1.165, 1.54) is 11.6 Å². The smallest absolute Gasteiger partial charge is 0.161 e. The summed E-state index contributed by atoms with van der Waals surface area (Å²) >= 11 is 0. The summed E-state index contributed by atoms with van der Waals surface area (Å²) in [5.41, 5.74) is 5.04. The number of hydrogen-bond donors (Lipinski definition) is 2. The average Bonchev–Trinajstić information content (AvgIpc) is 3.44. The number of methoxy groups -OCH3 is 2. The molecule has 0 saturated heterocycles. The van der Waals surface area contributed by atoms with E-state index in [9.17, 15) is 4.39 Å². The molecule has 1 aliphatic heterocycles. The highest BCUT2D eigenvalue weighted by molar-refractivity contribution is 5.83. The average molecular weight is 421 g/mol. The Morgan fingerprint density at radius 3 is 2.68 bits per heavy atom. The molecule has 0 amide bonds. The van der Waals surface area contributed by atoms with E-state index in [4.69, 9.17) is 14.5 Å². The molecule has 0 saturated carbocycles. The summed E-state index contributed by atoms with van der Waals surface area (Å²) in [5, 5.41) is 10.3. The van der Waals surface area contributed by atoms with Crippen LogP contribution in [-0.2, 0) is 13.0 Å². The molecule has 2 aromatic carbocycles. The Balaban J connectivity index is 1.68.